The van der Waals surface area contributed by atoms with E-state index in [9.17, 15) is 4.79 Å². The molecule has 2 nitrogen and oxygen atoms in total. The highest BCUT2D eigenvalue weighted by atomic mass is 35.5. The lowest BCUT2D eigenvalue weighted by Gasteiger charge is -2.26. The van der Waals surface area contributed by atoms with Crippen molar-refractivity contribution in [2.45, 2.75) is 25.8 Å². The van der Waals surface area contributed by atoms with E-state index in [-0.39, 0.29) is 17.3 Å². The van der Waals surface area contributed by atoms with Crippen molar-refractivity contribution in [1.82, 2.24) is 5.32 Å². The van der Waals surface area contributed by atoms with Crippen molar-refractivity contribution < 1.29 is 4.79 Å². The van der Waals surface area contributed by atoms with Gasteiger partial charge in [0.1, 0.15) is 5.88 Å². The summed E-state index contributed by atoms with van der Waals surface area (Å²) >= 11 is 11.4. The largest absolute Gasteiger partial charge is 0.350 e. The number of carbonyl (C=O) groups excluding carboxylic acids is 1. The summed E-state index contributed by atoms with van der Waals surface area (Å²) in [6.07, 6.45) is 0.718. The van der Waals surface area contributed by atoms with Crippen LogP contribution < -0.4 is 5.32 Å². The predicted molar refractivity (Wildman–Crippen MR) is 68.1 cm³/mol. The first-order valence-electron chi connectivity index (χ1n) is 5.04. The minimum absolute atomic E-state index is 0.0149. The summed E-state index contributed by atoms with van der Waals surface area (Å²) in [5.41, 5.74) is 0.767. The van der Waals surface area contributed by atoms with Crippen molar-refractivity contribution in [2.75, 3.05) is 5.88 Å². The zero-order chi connectivity index (χ0) is 12.2. The number of carbonyl (C=O) groups is 1. The molecule has 0 unspecified atom stereocenters. The molecule has 0 aliphatic heterocycles. The molecule has 0 spiro atoms. The fourth-order valence-electron chi connectivity index (χ4n) is 1.61. The van der Waals surface area contributed by atoms with Gasteiger partial charge in [-0.15, -0.1) is 11.6 Å². The van der Waals surface area contributed by atoms with Gasteiger partial charge in [-0.1, -0.05) is 23.7 Å². The zero-order valence-electron chi connectivity index (χ0n) is 9.39. The average Bonchev–Trinajstić information content (AvgIpc) is 2.15. The van der Waals surface area contributed by atoms with E-state index in [2.05, 4.69) is 5.32 Å². The Hall–Kier alpha value is -0.730. The van der Waals surface area contributed by atoms with Gasteiger partial charge in [-0.2, -0.15) is 0 Å². The van der Waals surface area contributed by atoms with Crippen molar-refractivity contribution in [2.24, 2.45) is 0 Å². The molecule has 1 aromatic rings. The Bertz CT molecular complexity index is 377. The normalized spacial score (nSPS) is 11.2. The lowest BCUT2D eigenvalue weighted by atomic mass is 9.95. The molecule has 88 valence electrons. The van der Waals surface area contributed by atoms with Gasteiger partial charge in [0.25, 0.3) is 0 Å². The number of nitrogens with one attached hydrogen (secondary N) is 1. The summed E-state index contributed by atoms with van der Waals surface area (Å²) in [7, 11) is 0. The molecule has 16 heavy (non-hydrogen) atoms. The number of benzene rings is 1. The predicted octanol–water partition coefficient (Wildman–Crippen LogP) is 3.02. The second kappa shape index (κ2) is 5.55. The standard InChI is InChI=1S/C12H15Cl2NO/c1-12(2,15-11(16)8-13)7-9-4-3-5-10(14)6-9/h3-6H,7-8H2,1-2H3,(H,15,16). The van der Waals surface area contributed by atoms with Crippen LogP contribution in [0.2, 0.25) is 5.02 Å². The first-order chi connectivity index (χ1) is 7.43. The Morgan fingerprint density at radius 2 is 2.12 bits per heavy atom. The van der Waals surface area contributed by atoms with Crippen molar-refractivity contribution in [3.05, 3.63) is 34.9 Å². The summed E-state index contributed by atoms with van der Waals surface area (Å²) in [6, 6.07) is 7.61. The summed E-state index contributed by atoms with van der Waals surface area (Å²) in [5, 5.41) is 3.57. The minimum Gasteiger partial charge on any atom is -0.350 e. The number of rotatable bonds is 4. The van der Waals surface area contributed by atoms with Crippen LogP contribution in [0.1, 0.15) is 19.4 Å². The van der Waals surface area contributed by atoms with Crippen LogP contribution in [-0.4, -0.2) is 17.3 Å². The van der Waals surface area contributed by atoms with Gasteiger partial charge in [0.2, 0.25) is 5.91 Å². The Morgan fingerprint density at radius 3 is 2.69 bits per heavy atom. The molecule has 1 aromatic carbocycles. The van der Waals surface area contributed by atoms with Gasteiger partial charge in [-0.3, -0.25) is 4.79 Å². The molecule has 0 atom stereocenters. The Labute approximate surface area is 106 Å². The van der Waals surface area contributed by atoms with E-state index in [4.69, 9.17) is 23.2 Å². The molecular weight excluding hydrogens is 245 g/mol. The SMILES string of the molecule is CC(C)(Cc1cccc(Cl)c1)NC(=O)CCl. The van der Waals surface area contributed by atoms with Crippen molar-refractivity contribution >= 4 is 29.1 Å². The molecule has 0 saturated heterocycles. The number of alkyl halides is 1. The fourth-order valence-corrected chi connectivity index (χ4v) is 1.89. The third kappa shape index (κ3) is 4.42. The van der Waals surface area contributed by atoms with Gasteiger partial charge in [0.05, 0.1) is 0 Å². The highest BCUT2D eigenvalue weighted by Gasteiger charge is 2.20. The zero-order valence-corrected chi connectivity index (χ0v) is 10.9. The van der Waals surface area contributed by atoms with E-state index < -0.39 is 0 Å². The summed E-state index contributed by atoms with van der Waals surface area (Å²) in [6.45, 7) is 3.91. The maximum absolute atomic E-state index is 11.2. The van der Waals surface area contributed by atoms with Crippen LogP contribution in [0.25, 0.3) is 0 Å². The maximum Gasteiger partial charge on any atom is 0.235 e. The van der Waals surface area contributed by atoms with Gasteiger partial charge >= 0.3 is 0 Å². The monoisotopic (exact) mass is 259 g/mol. The van der Waals surface area contributed by atoms with Crippen molar-refractivity contribution in [3.63, 3.8) is 0 Å². The van der Waals surface area contributed by atoms with Crippen LogP contribution in [-0.2, 0) is 11.2 Å². The molecule has 1 rings (SSSR count). The summed E-state index contributed by atoms with van der Waals surface area (Å²) in [4.78, 5) is 11.2. The number of hydrogen-bond acceptors (Lipinski definition) is 1. The highest BCUT2D eigenvalue weighted by Crippen LogP contribution is 2.16. The molecule has 1 amide bonds. The van der Waals surface area contributed by atoms with Crippen LogP contribution in [0.5, 0.6) is 0 Å². The molecule has 0 saturated carbocycles. The molecule has 0 aliphatic rings. The van der Waals surface area contributed by atoms with E-state index in [1.807, 2.05) is 38.1 Å². The lowest BCUT2D eigenvalue weighted by Crippen LogP contribution is -2.45. The van der Waals surface area contributed by atoms with Gasteiger partial charge < -0.3 is 5.32 Å². The van der Waals surface area contributed by atoms with E-state index in [1.54, 1.807) is 0 Å². The molecule has 1 N–H and O–H groups in total. The highest BCUT2D eigenvalue weighted by molar-refractivity contribution is 6.30. The number of amides is 1. The molecule has 4 heteroatoms. The molecule has 0 aliphatic carbocycles. The van der Waals surface area contributed by atoms with Gasteiger partial charge in [-0.25, -0.2) is 0 Å². The van der Waals surface area contributed by atoms with E-state index >= 15 is 0 Å². The average molecular weight is 260 g/mol. The van der Waals surface area contributed by atoms with Crippen LogP contribution in [0.15, 0.2) is 24.3 Å². The molecule has 0 bridgehead atoms. The first-order valence-corrected chi connectivity index (χ1v) is 5.95. The molecule has 0 heterocycles. The van der Waals surface area contributed by atoms with Gasteiger partial charge in [-0.05, 0) is 38.0 Å². The maximum atomic E-state index is 11.2. The smallest absolute Gasteiger partial charge is 0.235 e. The Morgan fingerprint density at radius 1 is 1.44 bits per heavy atom. The summed E-state index contributed by atoms with van der Waals surface area (Å²) < 4.78 is 0. The van der Waals surface area contributed by atoms with Crippen LogP contribution in [0, 0.1) is 0 Å². The number of hydrogen-bond donors (Lipinski definition) is 1. The van der Waals surface area contributed by atoms with Gasteiger partial charge in [0.15, 0.2) is 0 Å². The molecule has 0 aromatic heterocycles. The van der Waals surface area contributed by atoms with Crippen LogP contribution in [0.3, 0.4) is 0 Å². The summed E-state index contributed by atoms with van der Waals surface area (Å²) in [5.74, 6) is -0.174. The Kier molecular flexibility index (Phi) is 4.63. The first kappa shape index (κ1) is 13.3. The second-order valence-electron chi connectivity index (χ2n) is 4.37. The number of halogens is 2. The van der Waals surface area contributed by atoms with Crippen molar-refractivity contribution in [3.8, 4) is 0 Å². The second-order valence-corrected chi connectivity index (χ2v) is 5.08. The Balaban J connectivity index is 2.68. The minimum atomic E-state index is -0.323. The molecule has 0 radical (unpaired) electrons. The topological polar surface area (TPSA) is 29.1 Å². The molecule has 0 fully saturated rings. The van der Waals surface area contributed by atoms with Crippen LogP contribution >= 0.6 is 23.2 Å². The van der Waals surface area contributed by atoms with E-state index in [0.29, 0.717) is 5.02 Å². The van der Waals surface area contributed by atoms with Crippen LogP contribution in [0.4, 0.5) is 0 Å². The van der Waals surface area contributed by atoms with E-state index in [0.717, 1.165) is 12.0 Å². The molecular formula is C12H15Cl2NO. The quantitative estimate of drug-likeness (QED) is 0.828. The van der Waals surface area contributed by atoms with E-state index in [1.165, 1.54) is 0 Å². The lowest BCUT2D eigenvalue weighted by molar-refractivity contribution is -0.120. The fraction of sp³-hybridized carbons (Fsp3) is 0.417. The third-order valence-electron chi connectivity index (χ3n) is 2.13. The third-order valence-corrected chi connectivity index (χ3v) is 2.61. The van der Waals surface area contributed by atoms with Crippen molar-refractivity contribution in [1.29, 1.82) is 0 Å². The van der Waals surface area contributed by atoms with Gasteiger partial charge in [0, 0.05) is 10.6 Å².